The van der Waals surface area contributed by atoms with E-state index in [2.05, 4.69) is 39.5 Å². The van der Waals surface area contributed by atoms with Gasteiger partial charge in [-0.3, -0.25) is 0 Å². The van der Waals surface area contributed by atoms with E-state index in [1.54, 1.807) is 0 Å². The smallest absolute Gasteiger partial charge is 0.128 e. The predicted molar refractivity (Wildman–Crippen MR) is 103 cm³/mol. The van der Waals surface area contributed by atoms with Gasteiger partial charge in [-0.2, -0.15) is 5.26 Å². The molecule has 0 saturated carbocycles. The van der Waals surface area contributed by atoms with E-state index in [-0.39, 0.29) is 0 Å². The maximum absolute atomic E-state index is 8.56. The molecule has 3 rings (SSSR count). The molecule has 1 aromatic heterocycles. The van der Waals surface area contributed by atoms with Gasteiger partial charge in [0.05, 0.1) is 12.7 Å². The van der Waals surface area contributed by atoms with Crippen molar-refractivity contribution in [2.75, 3.05) is 24.6 Å². The van der Waals surface area contributed by atoms with E-state index < -0.39 is 0 Å². The quantitative estimate of drug-likeness (QED) is 0.738. The molecule has 1 aliphatic heterocycles. The molecule has 5 heteroatoms. The molecule has 2 aromatic rings. The molecule has 26 heavy (non-hydrogen) atoms. The maximum atomic E-state index is 8.56. The Morgan fingerprint density at radius 3 is 2.85 bits per heavy atom. The third kappa shape index (κ3) is 5.47. The maximum Gasteiger partial charge on any atom is 0.128 e. The summed E-state index contributed by atoms with van der Waals surface area (Å²) in [4.78, 5) is 6.80. The molecule has 0 spiro atoms. The van der Waals surface area contributed by atoms with Crippen molar-refractivity contribution in [2.24, 2.45) is 0 Å². The fourth-order valence-electron chi connectivity index (χ4n) is 3.20. The van der Waals surface area contributed by atoms with Crippen LogP contribution in [0.5, 0.6) is 5.75 Å². The molecule has 0 amide bonds. The Kier molecular flexibility index (Phi) is 6.86. The average molecular weight is 350 g/mol. The number of ether oxygens (including phenoxy) is 1. The Balaban J connectivity index is 1.42. The number of nitrogens with zero attached hydrogens (tertiary/aromatic N) is 3. The topological polar surface area (TPSA) is 61.2 Å². The van der Waals surface area contributed by atoms with Crippen LogP contribution in [0.2, 0.25) is 0 Å². The van der Waals surface area contributed by atoms with Crippen LogP contribution in [0.1, 0.15) is 31.2 Å². The molecule has 1 fully saturated rings. The van der Waals surface area contributed by atoms with E-state index in [1.165, 1.54) is 5.56 Å². The molecule has 1 saturated heterocycles. The van der Waals surface area contributed by atoms with E-state index in [1.807, 2.05) is 30.5 Å². The molecule has 0 radical (unpaired) electrons. The molecule has 1 N–H and O–H groups in total. The zero-order chi connectivity index (χ0) is 18.0. The molecular formula is C21H26N4O. The highest BCUT2D eigenvalue weighted by Crippen LogP contribution is 2.18. The van der Waals surface area contributed by atoms with Crippen LogP contribution < -0.4 is 15.0 Å². The van der Waals surface area contributed by atoms with Crippen LogP contribution in [0.25, 0.3) is 0 Å². The lowest BCUT2D eigenvalue weighted by molar-refractivity contribution is 0.312. The monoisotopic (exact) mass is 350 g/mol. The third-order valence-corrected chi connectivity index (χ3v) is 4.66. The highest BCUT2D eigenvalue weighted by Gasteiger charge is 2.19. The van der Waals surface area contributed by atoms with Gasteiger partial charge in [0, 0.05) is 38.3 Å². The predicted octanol–water partition coefficient (Wildman–Crippen LogP) is 3.52. The second-order valence-electron chi connectivity index (χ2n) is 6.59. The Morgan fingerprint density at radius 1 is 1.19 bits per heavy atom. The Labute approximate surface area is 155 Å². The van der Waals surface area contributed by atoms with Crippen LogP contribution in [0.15, 0.2) is 48.7 Å². The first kappa shape index (κ1) is 18.2. The van der Waals surface area contributed by atoms with E-state index in [4.69, 9.17) is 10.00 Å². The van der Waals surface area contributed by atoms with Gasteiger partial charge in [0.1, 0.15) is 11.6 Å². The van der Waals surface area contributed by atoms with Crippen LogP contribution in [0.3, 0.4) is 0 Å². The normalized spacial score (nSPS) is 14.8. The minimum atomic E-state index is 0.537. The summed E-state index contributed by atoms with van der Waals surface area (Å²) in [5, 5.41) is 12.2. The summed E-state index contributed by atoms with van der Waals surface area (Å²) < 4.78 is 5.71. The first-order chi connectivity index (χ1) is 12.8. The van der Waals surface area contributed by atoms with Crippen LogP contribution in [0.4, 0.5) is 5.82 Å². The summed E-state index contributed by atoms with van der Waals surface area (Å²) >= 11 is 0. The number of hydrogen-bond donors (Lipinski definition) is 1. The number of benzene rings is 1. The highest BCUT2D eigenvalue weighted by atomic mass is 16.5. The van der Waals surface area contributed by atoms with Gasteiger partial charge >= 0.3 is 0 Å². The second-order valence-corrected chi connectivity index (χ2v) is 6.59. The first-order valence-electron chi connectivity index (χ1n) is 9.33. The standard InChI is InChI=1S/C21H26N4O/c22-11-2-4-15-26-20-7-5-6-18(16-20)17-24-19-9-13-25(14-10-19)21-8-1-3-12-23-21/h1,3,5-8,12,16,19,24H,2,4,9-10,13-15,17H2. The van der Waals surface area contributed by atoms with Gasteiger partial charge in [-0.15, -0.1) is 0 Å². The minimum absolute atomic E-state index is 0.537. The van der Waals surface area contributed by atoms with Crippen LogP contribution in [0, 0.1) is 11.3 Å². The molecule has 1 aromatic carbocycles. The largest absolute Gasteiger partial charge is 0.494 e. The molecule has 1 aliphatic rings. The van der Waals surface area contributed by atoms with Crippen LogP contribution in [-0.2, 0) is 6.54 Å². The Bertz CT molecular complexity index is 705. The number of aromatic nitrogens is 1. The summed E-state index contributed by atoms with van der Waals surface area (Å²) in [5.41, 5.74) is 1.23. The lowest BCUT2D eigenvalue weighted by atomic mass is 10.0. The Hall–Kier alpha value is -2.58. The van der Waals surface area contributed by atoms with Crippen LogP contribution >= 0.6 is 0 Å². The minimum Gasteiger partial charge on any atom is -0.494 e. The van der Waals surface area contributed by atoms with Gasteiger partial charge in [0.2, 0.25) is 0 Å². The van der Waals surface area contributed by atoms with Gasteiger partial charge in [0.15, 0.2) is 0 Å². The fraction of sp³-hybridized carbons (Fsp3) is 0.429. The lowest BCUT2D eigenvalue weighted by Crippen LogP contribution is -2.42. The number of anilines is 1. The van der Waals surface area contributed by atoms with Crippen molar-refractivity contribution >= 4 is 5.82 Å². The molecule has 0 atom stereocenters. The zero-order valence-corrected chi connectivity index (χ0v) is 15.1. The molecule has 5 nitrogen and oxygen atoms in total. The van der Waals surface area contributed by atoms with Gasteiger partial charge in [-0.25, -0.2) is 4.98 Å². The Morgan fingerprint density at radius 2 is 2.08 bits per heavy atom. The molecule has 136 valence electrons. The SMILES string of the molecule is N#CCCCOc1cccc(CNC2CCN(c3ccccn3)CC2)c1. The summed E-state index contributed by atoms with van der Waals surface area (Å²) in [6.45, 7) is 3.52. The fourth-order valence-corrected chi connectivity index (χ4v) is 3.20. The van der Waals surface area contributed by atoms with Gasteiger partial charge in [0.25, 0.3) is 0 Å². The van der Waals surface area contributed by atoms with Crippen molar-refractivity contribution < 1.29 is 4.74 Å². The number of pyridine rings is 1. The van der Waals surface area contributed by atoms with Gasteiger partial charge in [-0.05, 0) is 49.1 Å². The number of nitrogens with one attached hydrogen (secondary N) is 1. The van der Waals surface area contributed by atoms with E-state index in [0.29, 0.717) is 19.1 Å². The molecule has 0 bridgehead atoms. The number of piperidine rings is 1. The number of nitriles is 1. The third-order valence-electron chi connectivity index (χ3n) is 4.66. The van der Waals surface area contributed by atoms with Gasteiger partial charge in [-0.1, -0.05) is 18.2 Å². The zero-order valence-electron chi connectivity index (χ0n) is 15.1. The van der Waals surface area contributed by atoms with E-state index in [9.17, 15) is 0 Å². The van der Waals surface area contributed by atoms with Crippen molar-refractivity contribution in [3.8, 4) is 11.8 Å². The first-order valence-corrected chi connectivity index (χ1v) is 9.33. The van der Waals surface area contributed by atoms with Crippen LogP contribution in [-0.4, -0.2) is 30.7 Å². The summed E-state index contributed by atoms with van der Waals surface area (Å²) in [6, 6.07) is 17.0. The lowest BCUT2D eigenvalue weighted by Gasteiger charge is -2.33. The number of rotatable bonds is 8. The number of unbranched alkanes of at least 4 members (excludes halogenated alkanes) is 1. The van der Waals surface area contributed by atoms with Crippen molar-refractivity contribution in [1.29, 1.82) is 5.26 Å². The van der Waals surface area contributed by atoms with Crippen molar-refractivity contribution in [1.82, 2.24) is 10.3 Å². The molecular weight excluding hydrogens is 324 g/mol. The summed E-state index contributed by atoms with van der Waals surface area (Å²) in [7, 11) is 0. The van der Waals surface area contributed by atoms with Crippen molar-refractivity contribution in [2.45, 2.75) is 38.3 Å². The number of hydrogen-bond acceptors (Lipinski definition) is 5. The van der Waals surface area contributed by atoms with Gasteiger partial charge < -0.3 is 15.0 Å². The average Bonchev–Trinajstić information content (AvgIpc) is 2.71. The second kappa shape index (κ2) is 9.79. The molecule has 2 heterocycles. The molecule has 0 aliphatic carbocycles. The molecule has 0 unspecified atom stereocenters. The van der Waals surface area contributed by atoms with E-state index >= 15 is 0 Å². The van der Waals surface area contributed by atoms with E-state index in [0.717, 1.165) is 50.5 Å². The highest BCUT2D eigenvalue weighted by molar-refractivity contribution is 5.38. The summed E-state index contributed by atoms with van der Waals surface area (Å²) in [5.74, 6) is 1.96. The summed E-state index contributed by atoms with van der Waals surface area (Å²) in [6.07, 6.45) is 5.42. The van der Waals surface area contributed by atoms with Crippen molar-refractivity contribution in [3.05, 3.63) is 54.2 Å². The van der Waals surface area contributed by atoms with Crippen molar-refractivity contribution in [3.63, 3.8) is 0 Å².